The van der Waals surface area contributed by atoms with Gasteiger partial charge in [0.25, 0.3) is 0 Å². The van der Waals surface area contributed by atoms with Crippen molar-refractivity contribution in [2.24, 2.45) is 0 Å². The number of rotatable bonds is 6. The predicted molar refractivity (Wildman–Crippen MR) is 117 cm³/mol. The van der Waals surface area contributed by atoms with E-state index in [0.717, 1.165) is 33.4 Å². The maximum Gasteiger partial charge on any atom is 0.307 e. The number of aliphatic carboxylic acids is 1. The van der Waals surface area contributed by atoms with E-state index in [0.29, 0.717) is 11.5 Å². The molecule has 30 heavy (non-hydrogen) atoms. The number of hydrogen-bond acceptors (Lipinski definition) is 2. The number of carboxylic acid groups (broad SMARTS) is 1. The zero-order valence-corrected chi connectivity index (χ0v) is 16.1. The molecule has 4 rings (SSSR count). The zero-order chi connectivity index (χ0) is 21.1. The van der Waals surface area contributed by atoms with Crippen LogP contribution in [0.2, 0.25) is 0 Å². The molecule has 0 amide bonds. The average Bonchev–Trinajstić information content (AvgIpc) is 3.03. The first-order chi connectivity index (χ1) is 14.5. The fraction of sp³-hybridized carbons (Fsp3) is 0.0385. The number of ether oxygens (including phenoxy) is 1. The lowest BCUT2D eigenvalue weighted by atomic mass is 10.00. The van der Waals surface area contributed by atoms with Gasteiger partial charge in [0, 0.05) is 0 Å². The molecule has 0 aromatic heterocycles. The second-order valence-electron chi connectivity index (χ2n) is 6.90. The van der Waals surface area contributed by atoms with Gasteiger partial charge in [-0.05, 0) is 75.9 Å². The molecular formula is C26H19FO3. The van der Waals surface area contributed by atoms with Gasteiger partial charge < -0.3 is 9.84 Å². The first kappa shape index (κ1) is 19.4. The summed E-state index contributed by atoms with van der Waals surface area (Å²) in [5.41, 5.74) is 5.43. The summed E-state index contributed by atoms with van der Waals surface area (Å²) in [4.78, 5) is 11.4. The third kappa shape index (κ3) is 3.94. The molecule has 0 saturated heterocycles. The van der Waals surface area contributed by atoms with Gasteiger partial charge >= 0.3 is 5.97 Å². The van der Waals surface area contributed by atoms with Gasteiger partial charge in [-0.2, -0.15) is 0 Å². The molecule has 4 heteroatoms. The van der Waals surface area contributed by atoms with Crippen molar-refractivity contribution in [3.8, 4) is 11.5 Å². The van der Waals surface area contributed by atoms with Crippen molar-refractivity contribution >= 4 is 23.2 Å². The molecule has 1 aliphatic rings. The van der Waals surface area contributed by atoms with E-state index in [4.69, 9.17) is 4.74 Å². The van der Waals surface area contributed by atoms with Crippen molar-refractivity contribution < 1.29 is 19.0 Å². The lowest BCUT2D eigenvalue weighted by Gasteiger charge is -2.07. The molecule has 3 aromatic carbocycles. The van der Waals surface area contributed by atoms with Crippen LogP contribution in [-0.4, -0.2) is 11.1 Å². The number of halogens is 1. The van der Waals surface area contributed by atoms with Gasteiger partial charge in [-0.1, -0.05) is 49.1 Å². The summed E-state index contributed by atoms with van der Waals surface area (Å²) >= 11 is 0. The molecule has 3 nitrogen and oxygen atoms in total. The standard InChI is InChI=1S/C26H19FO3/c1-2-21-24(22-5-3-4-6-23(22)25(21)16-26(28)29)15-17-7-11-19(12-8-17)30-20-13-9-18(27)10-14-20/h2-15H,1,16H2,(H,28,29)/b24-15-. The third-order valence-electron chi connectivity index (χ3n) is 4.93. The van der Waals surface area contributed by atoms with Crippen molar-refractivity contribution in [3.05, 3.63) is 114 Å². The molecule has 0 bridgehead atoms. The molecular weight excluding hydrogens is 379 g/mol. The van der Waals surface area contributed by atoms with Crippen LogP contribution in [0.4, 0.5) is 4.39 Å². The first-order valence-corrected chi connectivity index (χ1v) is 9.48. The largest absolute Gasteiger partial charge is 0.481 e. The Hall–Kier alpha value is -3.92. The van der Waals surface area contributed by atoms with Crippen LogP contribution in [0.15, 0.2) is 91.0 Å². The lowest BCUT2D eigenvalue weighted by molar-refractivity contribution is -0.135. The highest BCUT2D eigenvalue weighted by atomic mass is 19.1. The Balaban J connectivity index is 1.66. The number of carboxylic acids is 1. The minimum absolute atomic E-state index is 0.0554. The van der Waals surface area contributed by atoms with Crippen molar-refractivity contribution in [3.63, 3.8) is 0 Å². The van der Waals surface area contributed by atoms with Crippen LogP contribution in [0.1, 0.15) is 23.1 Å². The van der Waals surface area contributed by atoms with Crippen molar-refractivity contribution in [1.82, 2.24) is 0 Å². The van der Waals surface area contributed by atoms with Crippen LogP contribution in [0, 0.1) is 5.82 Å². The summed E-state index contributed by atoms with van der Waals surface area (Å²) in [5.74, 6) is 0.0151. The minimum atomic E-state index is -0.873. The molecule has 1 N–H and O–H groups in total. The van der Waals surface area contributed by atoms with Crippen molar-refractivity contribution in [2.75, 3.05) is 0 Å². The number of allylic oxidation sites excluding steroid dienone is 3. The zero-order valence-electron chi connectivity index (χ0n) is 16.1. The number of hydrogen-bond donors (Lipinski definition) is 1. The van der Waals surface area contributed by atoms with Crippen molar-refractivity contribution in [1.29, 1.82) is 0 Å². The van der Waals surface area contributed by atoms with E-state index in [9.17, 15) is 14.3 Å². The van der Waals surface area contributed by atoms with Gasteiger partial charge in [-0.15, -0.1) is 0 Å². The van der Waals surface area contributed by atoms with Crippen LogP contribution in [0.3, 0.4) is 0 Å². The van der Waals surface area contributed by atoms with E-state index < -0.39 is 5.97 Å². The lowest BCUT2D eigenvalue weighted by Crippen LogP contribution is -1.96. The van der Waals surface area contributed by atoms with E-state index in [1.54, 1.807) is 18.2 Å². The van der Waals surface area contributed by atoms with Gasteiger partial charge in [0.15, 0.2) is 0 Å². The van der Waals surface area contributed by atoms with E-state index in [1.807, 2.05) is 54.6 Å². The molecule has 0 atom stereocenters. The molecule has 0 saturated carbocycles. The third-order valence-corrected chi connectivity index (χ3v) is 4.93. The highest BCUT2D eigenvalue weighted by Gasteiger charge is 2.25. The van der Waals surface area contributed by atoms with Gasteiger partial charge in [-0.25, -0.2) is 4.39 Å². The SMILES string of the molecule is C=CC1=C(CC(=O)O)c2ccccc2/C1=C\c1ccc(Oc2ccc(F)cc2)cc1. The fourth-order valence-corrected chi connectivity index (χ4v) is 3.60. The monoisotopic (exact) mass is 398 g/mol. The molecule has 0 aliphatic heterocycles. The van der Waals surface area contributed by atoms with Gasteiger partial charge in [0.1, 0.15) is 17.3 Å². The van der Waals surface area contributed by atoms with Crippen molar-refractivity contribution in [2.45, 2.75) is 6.42 Å². The topological polar surface area (TPSA) is 46.5 Å². The van der Waals surface area contributed by atoms with Gasteiger partial charge in [0.05, 0.1) is 6.42 Å². The molecule has 0 unspecified atom stereocenters. The van der Waals surface area contributed by atoms with E-state index in [1.165, 1.54) is 12.1 Å². The molecule has 0 spiro atoms. The number of benzene rings is 3. The van der Waals surface area contributed by atoms with Crippen LogP contribution in [0.25, 0.3) is 17.2 Å². The van der Waals surface area contributed by atoms with Crippen LogP contribution < -0.4 is 4.74 Å². The normalized spacial score (nSPS) is 14.0. The highest BCUT2D eigenvalue weighted by Crippen LogP contribution is 2.44. The van der Waals surface area contributed by atoms with E-state index >= 15 is 0 Å². The molecule has 0 fully saturated rings. The molecule has 0 radical (unpaired) electrons. The first-order valence-electron chi connectivity index (χ1n) is 9.48. The number of carbonyl (C=O) groups is 1. The fourth-order valence-electron chi connectivity index (χ4n) is 3.60. The Morgan fingerprint density at radius 1 is 0.933 bits per heavy atom. The second-order valence-corrected chi connectivity index (χ2v) is 6.90. The van der Waals surface area contributed by atoms with Crippen LogP contribution in [0.5, 0.6) is 11.5 Å². The maximum atomic E-state index is 13.0. The summed E-state index contributed by atoms with van der Waals surface area (Å²) in [6, 6.07) is 21.2. The Bertz CT molecular complexity index is 1170. The maximum absolute atomic E-state index is 13.0. The molecule has 3 aromatic rings. The summed E-state index contributed by atoms with van der Waals surface area (Å²) < 4.78 is 18.8. The molecule has 1 aliphatic carbocycles. The summed E-state index contributed by atoms with van der Waals surface area (Å²) in [6.07, 6.45) is 3.68. The quantitative estimate of drug-likeness (QED) is 0.510. The smallest absolute Gasteiger partial charge is 0.307 e. The second kappa shape index (κ2) is 8.21. The minimum Gasteiger partial charge on any atom is -0.481 e. The summed E-state index contributed by atoms with van der Waals surface area (Å²) in [7, 11) is 0. The van der Waals surface area contributed by atoms with E-state index in [2.05, 4.69) is 6.58 Å². The van der Waals surface area contributed by atoms with Crippen LogP contribution >= 0.6 is 0 Å². The Morgan fingerprint density at radius 3 is 2.13 bits per heavy atom. The Kier molecular flexibility index (Phi) is 5.31. The summed E-state index contributed by atoms with van der Waals surface area (Å²) in [5, 5.41) is 9.33. The van der Waals surface area contributed by atoms with Crippen LogP contribution in [-0.2, 0) is 4.79 Å². The summed E-state index contributed by atoms with van der Waals surface area (Å²) in [6.45, 7) is 3.90. The van der Waals surface area contributed by atoms with E-state index in [-0.39, 0.29) is 12.2 Å². The highest BCUT2D eigenvalue weighted by molar-refractivity contribution is 6.09. The molecule has 0 heterocycles. The molecule has 148 valence electrons. The van der Waals surface area contributed by atoms with Gasteiger partial charge in [0.2, 0.25) is 0 Å². The Labute approximate surface area is 174 Å². The average molecular weight is 398 g/mol. The predicted octanol–water partition coefficient (Wildman–Crippen LogP) is 6.59. The van der Waals surface area contributed by atoms with Gasteiger partial charge in [-0.3, -0.25) is 4.79 Å². The Morgan fingerprint density at radius 2 is 1.53 bits per heavy atom. The number of fused-ring (bicyclic) bond motifs is 1.